The van der Waals surface area contributed by atoms with Crippen LogP contribution in [0.15, 0.2) is 10.8 Å². The summed E-state index contributed by atoms with van der Waals surface area (Å²) in [4.78, 5) is 0. The molecule has 0 unspecified atom stereocenters. The van der Waals surface area contributed by atoms with Crippen LogP contribution >= 0.6 is 15.9 Å². The van der Waals surface area contributed by atoms with Gasteiger partial charge in [-0.1, -0.05) is 0 Å². The number of anilines is 1. The maximum atomic E-state index is 5.41. The van der Waals surface area contributed by atoms with E-state index in [0.29, 0.717) is 5.69 Å². The van der Waals surface area contributed by atoms with Crippen LogP contribution in [0.25, 0.3) is 0 Å². The zero-order chi connectivity index (χ0) is 6.15. The van der Waals surface area contributed by atoms with Gasteiger partial charge < -0.3 is 5.73 Å². The molecule has 4 heteroatoms. The van der Waals surface area contributed by atoms with Gasteiger partial charge >= 0.3 is 0 Å². The third-order valence-corrected chi connectivity index (χ3v) is 1.86. The first kappa shape index (κ1) is 5.62. The topological polar surface area (TPSA) is 43.8 Å². The minimum absolute atomic E-state index is 0.674. The molecular formula is C4H6BrN3. The molecule has 0 aliphatic carbocycles. The summed E-state index contributed by atoms with van der Waals surface area (Å²) in [6.07, 6.45) is 1.60. The van der Waals surface area contributed by atoms with Gasteiger partial charge in [0.15, 0.2) is 0 Å². The quantitative estimate of drug-likeness (QED) is 0.634. The summed E-state index contributed by atoms with van der Waals surface area (Å²) in [7, 11) is 1.82. The van der Waals surface area contributed by atoms with Gasteiger partial charge in [-0.25, -0.2) is 0 Å². The number of nitrogens with two attached hydrogens (primary N) is 1. The minimum atomic E-state index is 0.674. The third-order valence-electron chi connectivity index (χ3n) is 0.892. The molecule has 3 nitrogen and oxygen atoms in total. The van der Waals surface area contributed by atoms with E-state index in [-0.39, 0.29) is 0 Å². The van der Waals surface area contributed by atoms with Crippen molar-refractivity contribution in [3.05, 3.63) is 10.8 Å². The Morgan fingerprint density at radius 2 is 2.50 bits per heavy atom. The molecule has 0 spiro atoms. The fourth-order valence-electron chi connectivity index (χ4n) is 0.440. The van der Waals surface area contributed by atoms with Crippen LogP contribution in [0.1, 0.15) is 0 Å². The summed E-state index contributed by atoms with van der Waals surface area (Å²) in [6.45, 7) is 0. The second-order valence-corrected chi connectivity index (χ2v) is 2.27. The number of hydrogen-bond donors (Lipinski definition) is 1. The lowest BCUT2D eigenvalue weighted by Gasteiger charge is -1.88. The van der Waals surface area contributed by atoms with Crippen LogP contribution in [0.3, 0.4) is 0 Å². The number of rotatable bonds is 0. The summed E-state index contributed by atoms with van der Waals surface area (Å²) >= 11 is 3.22. The van der Waals surface area contributed by atoms with E-state index in [1.165, 1.54) is 0 Å². The average molecular weight is 176 g/mol. The van der Waals surface area contributed by atoms with Crippen LogP contribution in [0, 0.1) is 0 Å². The Morgan fingerprint density at radius 3 is 2.62 bits per heavy atom. The summed E-state index contributed by atoms with van der Waals surface area (Å²) in [6, 6.07) is 0. The van der Waals surface area contributed by atoms with E-state index in [0.717, 1.165) is 4.60 Å². The lowest BCUT2D eigenvalue weighted by atomic mass is 10.6. The van der Waals surface area contributed by atoms with Crippen molar-refractivity contribution >= 4 is 21.6 Å². The molecule has 0 aliphatic rings. The van der Waals surface area contributed by atoms with Gasteiger partial charge in [0, 0.05) is 7.05 Å². The highest BCUT2D eigenvalue weighted by Crippen LogP contribution is 2.15. The molecule has 0 aliphatic heterocycles. The molecule has 0 atom stereocenters. The second-order valence-electron chi connectivity index (χ2n) is 1.51. The smallest absolute Gasteiger partial charge is 0.126 e. The number of halogens is 1. The molecule has 2 N–H and O–H groups in total. The van der Waals surface area contributed by atoms with Crippen molar-refractivity contribution in [2.24, 2.45) is 7.05 Å². The van der Waals surface area contributed by atoms with Gasteiger partial charge in [-0.05, 0) is 15.9 Å². The first-order chi connectivity index (χ1) is 3.72. The molecule has 44 valence electrons. The van der Waals surface area contributed by atoms with Gasteiger partial charge in [-0.3, -0.25) is 4.68 Å². The molecule has 0 saturated heterocycles. The highest BCUT2D eigenvalue weighted by atomic mass is 79.9. The van der Waals surface area contributed by atoms with Crippen LogP contribution < -0.4 is 5.73 Å². The van der Waals surface area contributed by atoms with E-state index in [9.17, 15) is 0 Å². The molecule has 8 heavy (non-hydrogen) atoms. The number of aromatic nitrogens is 2. The predicted octanol–water partition coefficient (Wildman–Crippen LogP) is 0.765. The first-order valence-corrected chi connectivity index (χ1v) is 2.94. The lowest BCUT2D eigenvalue weighted by Crippen LogP contribution is -1.89. The van der Waals surface area contributed by atoms with Gasteiger partial charge in [0.2, 0.25) is 0 Å². The highest BCUT2D eigenvalue weighted by Gasteiger charge is 1.97. The Labute approximate surface area is 55.6 Å². The summed E-state index contributed by atoms with van der Waals surface area (Å²) in [5, 5.41) is 3.86. The summed E-state index contributed by atoms with van der Waals surface area (Å²) in [5.74, 6) is 0. The van der Waals surface area contributed by atoms with E-state index in [1.54, 1.807) is 10.9 Å². The Hall–Kier alpha value is -0.510. The van der Waals surface area contributed by atoms with Gasteiger partial charge in [-0.2, -0.15) is 5.10 Å². The van der Waals surface area contributed by atoms with E-state index >= 15 is 0 Å². The van der Waals surface area contributed by atoms with E-state index < -0.39 is 0 Å². The van der Waals surface area contributed by atoms with Crippen molar-refractivity contribution in [1.29, 1.82) is 0 Å². The predicted molar refractivity (Wildman–Crippen MR) is 35.3 cm³/mol. The van der Waals surface area contributed by atoms with Crippen molar-refractivity contribution in [2.45, 2.75) is 0 Å². The molecule has 0 saturated carbocycles. The fraction of sp³-hybridized carbons (Fsp3) is 0.250. The molecule has 0 fully saturated rings. The van der Waals surface area contributed by atoms with E-state index in [2.05, 4.69) is 21.0 Å². The Kier molecular flexibility index (Phi) is 1.25. The standard InChI is InChI=1S/C4H6BrN3/c1-8-4(5)3(6)2-7-8/h2H,6H2,1H3. The maximum Gasteiger partial charge on any atom is 0.126 e. The number of hydrogen-bond acceptors (Lipinski definition) is 2. The Bertz CT molecular complexity index is 174. The number of aryl methyl sites for hydroxylation is 1. The third kappa shape index (κ3) is 0.709. The van der Waals surface area contributed by atoms with E-state index in [1.807, 2.05) is 7.05 Å². The minimum Gasteiger partial charge on any atom is -0.395 e. The maximum absolute atomic E-state index is 5.41. The number of nitrogen functional groups attached to an aromatic ring is 1. The van der Waals surface area contributed by atoms with Crippen molar-refractivity contribution in [1.82, 2.24) is 9.78 Å². The van der Waals surface area contributed by atoms with Crippen molar-refractivity contribution in [2.75, 3.05) is 5.73 Å². The van der Waals surface area contributed by atoms with Gasteiger partial charge in [0.1, 0.15) is 4.60 Å². The second kappa shape index (κ2) is 1.78. The lowest BCUT2D eigenvalue weighted by molar-refractivity contribution is 0.750. The van der Waals surface area contributed by atoms with Crippen LogP contribution in [0.5, 0.6) is 0 Å². The largest absolute Gasteiger partial charge is 0.395 e. The van der Waals surface area contributed by atoms with Gasteiger partial charge in [-0.15, -0.1) is 0 Å². The zero-order valence-corrected chi connectivity index (χ0v) is 6.01. The molecule has 0 bridgehead atoms. The van der Waals surface area contributed by atoms with Crippen LogP contribution in [-0.2, 0) is 7.05 Å². The van der Waals surface area contributed by atoms with Crippen LogP contribution in [0.4, 0.5) is 5.69 Å². The Morgan fingerprint density at radius 1 is 1.88 bits per heavy atom. The molecule has 1 rings (SSSR count). The van der Waals surface area contributed by atoms with Gasteiger partial charge in [0.05, 0.1) is 11.9 Å². The normalized spacial score (nSPS) is 9.75. The molecule has 1 aromatic rings. The molecule has 1 aromatic heterocycles. The zero-order valence-electron chi connectivity index (χ0n) is 4.43. The van der Waals surface area contributed by atoms with E-state index in [4.69, 9.17) is 5.73 Å². The molecule has 0 radical (unpaired) electrons. The summed E-state index contributed by atoms with van der Waals surface area (Å²) in [5.41, 5.74) is 6.08. The fourth-order valence-corrected chi connectivity index (χ4v) is 0.634. The number of nitrogens with zero attached hydrogens (tertiary/aromatic N) is 2. The first-order valence-electron chi connectivity index (χ1n) is 2.15. The molecular weight excluding hydrogens is 170 g/mol. The van der Waals surface area contributed by atoms with Crippen molar-refractivity contribution < 1.29 is 0 Å². The highest BCUT2D eigenvalue weighted by molar-refractivity contribution is 9.10. The molecule has 1 heterocycles. The summed E-state index contributed by atoms with van der Waals surface area (Å²) < 4.78 is 2.49. The monoisotopic (exact) mass is 175 g/mol. The van der Waals surface area contributed by atoms with Crippen LogP contribution in [-0.4, -0.2) is 9.78 Å². The van der Waals surface area contributed by atoms with Crippen molar-refractivity contribution in [3.8, 4) is 0 Å². The van der Waals surface area contributed by atoms with Crippen molar-refractivity contribution in [3.63, 3.8) is 0 Å². The molecule has 0 aromatic carbocycles. The average Bonchev–Trinajstić information content (AvgIpc) is 1.98. The van der Waals surface area contributed by atoms with Crippen LogP contribution in [0.2, 0.25) is 0 Å². The SMILES string of the molecule is Cn1ncc(N)c1Br. The Balaban J connectivity index is 3.19. The van der Waals surface area contributed by atoms with Gasteiger partial charge in [0.25, 0.3) is 0 Å². The molecule has 0 amide bonds.